The van der Waals surface area contributed by atoms with E-state index in [0.29, 0.717) is 6.42 Å². The second kappa shape index (κ2) is 4.35. The first-order valence-corrected chi connectivity index (χ1v) is 7.52. The summed E-state index contributed by atoms with van der Waals surface area (Å²) >= 11 is 12.2. The third-order valence-corrected chi connectivity index (χ3v) is 5.62. The van der Waals surface area contributed by atoms with Gasteiger partial charge < -0.3 is 4.90 Å². The van der Waals surface area contributed by atoms with E-state index in [-0.39, 0.29) is 17.8 Å². The van der Waals surface area contributed by atoms with Crippen molar-refractivity contribution in [2.75, 3.05) is 4.90 Å². The largest absolute Gasteiger partial charge is 0.309 e. The number of aryl methyl sites for hydroxylation is 1. The van der Waals surface area contributed by atoms with Crippen LogP contribution in [0.15, 0.2) is 18.2 Å². The Morgan fingerprint density at radius 1 is 1.45 bits per heavy atom. The Balaban J connectivity index is 2.00. The Labute approximate surface area is 127 Å². The second-order valence-corrected chi connectivity index (χ2v) is 7.53. The van der Waals surface area contributed by atoms with Gasteiger partial charge in [0.05, 0.1) is 5.41 Å². The van der Waals surface area contributed by atoms with Crippen LogP contribution in [0.4, 0.5) is 10.1 Å². The fourth-order valence-electron chi connectivity index (χ4n) is 2.93. The molecule has 20 heavy (non-hydrogen) atoms. The predicted molar refractivity (Wildman–Crippen MR) is 78.8 cm³/mol. The number of halogens is 3. The lowest BCUT2D eigenvalue weighted by Crippen LogP contribution is -2.46. The van der Waals surface area contributed by atoms with Crippen LogP contribution >= 0.6 is 23.2 Å². The monoisotopic (exact) mass is 315 g/mol. The molecule has 0 N–H and O–H groups in total. The van der Waals surface area contributed by atoms with Gasteiger partial charge in [-0.25, -0.2) is 4.39 Å². The highest BCUT2D eigenvalue weighted by atomic mass is 35.5. The molecule has 0 aromatic heterocycles. The predicted octanol–water partition coefficient (Wildman–Crippen LogP) is 4.08. The number of alkyl halides is 2. The van der Waals surface area contributed by atoms with Crippen molar-refractivity contribution in [1.82, 2.24) is 0 Å². The van der Waals surface area contributed by atoms with Crippen molar-refractivity contribution >= 4 is 34.8 Å². The molecule has 0 bridgehead atoms. The lowest BCUT2D eigenvalue weighted by Gasteiger charge is -2.37. The summed E-state index contributed by atoms with van der Waals surface area (Å²) in [6, 6.07) is 4.64. The summed E-state index contributed by atoms with van der Waals surface area (Å²) in [5.74, 6) is -0.338. The molecule has 5 heteroatoms. The van der Waals surface area contributed by atoms with E-state index in [4.69, 9.17) is 23.2 Å². The summed E-state index contributed by atoms with van der Waals surface area (Å²) in [5.41, 5.74) is 0.913. The summed E-state index contributed by atoms with van der Waals surface area (Å²) in [7, 11) is 0. The molecule has 1 aliphatic heterocycles. The van der Waals surface area contributed by atoms with Crippen LogP contribution in [0.25, 0.3) is 0 Å². The Hall–Kier alpha value is -0.800. The molecule has 0 spiro atoms. The van der Waals surface area contributed by atoms with Crippen LogP contribution in [0.5, 0.6) is 0 Å². The van der Waals surface area contributed by atoms with Gasteiger partial charge in [-0.15, -0.1) is 23.2 Å². The fraction of sp³-hybridized carbons (Fsp3) is 0.533. The molecular weight excluding hydrogens is 300 g/mol. The van der Waals surface area contributed by atoms with Crippen LogP contribution in [0, 0.1) is 11.2 Å². The smallest absolute Gasteiger partial charge is 0.236 e. The second-order valence-electron chi connectivity index (χ2n) is 6.05. The van der Waals surface area contributed by atoms with E-state index in [2.05, 4.69) is 0 Å². The van der Waals surface area contributed by atoms with Crippen molar-refractivity contribution in [2.45, 2.75) is 43.5 Å². The molecule has 1 aromatic carbocycles. The van der Waals surface area contributed by atoms with E-state index >= 15 is 0 Å². The van der Waals surface area contributed by atoms with Crippen molar-refractivity contribution in [1.29, 1.82) is 0 Å². The third kappa shape index (κ3) is 1.94. The number of fused-ring (bicyclic) bond motifs is 1. The Morgan fingerprint density at radius 2 is 2.10 bits per heavy atom. The molecule has 3 rings (SSSR count). The van der Waals surface area contributed by atoms with Gasteiger partial charge in [-0.05, 0) is 56.9 Å². The maximum atomic E-state index is 13.3. The maximum Gasteiger partial charge on any atom is 0.236 e. The molecule has 1 aromatic rings. The Bertz CT molecular complexity index is 589. The number of benzene rings is 1. The summed E-state index contributed by atoms with van der Waals surface area (Å²) in [4.78, 5) is 14.6. The fourth-order valence-corrected chi connectivity index (χ4v) is 3.62. The first-order valence-electron chi connectivity index (χ1n) is 6.76. The number of carbonyl (C=O) groups is 1. The van der Waals surface area contributed by atoms with Gasteiger partial charge in [-0.2, -0.15) is 0 Å². The van der Waals surface area contributed by atoms with Crippen molar-refractivity contribution in [3.8, 4) is 0 Å². The van der Waals surface area contributed by atoms with Gasteiger partial charge in [-0.1, -0.05) is 0 Å². The average Bonchev–Trinajstić information content (AvgIpc) is 2.89. The van der Waals surface area contributed by atoms with Crippen molar-refractivity contribution in [3.63, 3.8) is 0 Å². The first-order chi connectivity index (χ1) is 9.26. The summed E-state index contributed by atoms with van der Waals surface area (Å²) < 4.78 is 12.4. The highest BCUT2D eigenvalue weighted by Gasteiger charge is 2.69. The molecule has 1 heterocycles. The van der Waals surface area contributed by atoms with Crippen molar-refractivity contribution in [2.24, 2.45) is 5.41 Å². The molecular formula is C15H16Cl2FNO. The van der Waals surface area contributed by atoms with Crippen LogP contribution < -0.4 is 4.90 Å². The zero-order valence-corrected chi connectivity index (χ0v) is 12.9. The molecule has 2 atom stereocenters. The summed E-state index contributed by atoms with van der Waals surface area (Å²) in [6.07, 6.45) is 2.05. The molecule has 0 radical (unpaired) electrons. The standard InChI is InChI=1S/C15H16Cl2FNO/c1-9-3-4-10-7-11(18)5-6-12(10)19(9)13(20)14(2)8-15(14,16)17/h5-7,9H,3-4,8H2,1-2H3/t9-,14-/m1/s1. The molecule has 2 aliphatic rings. The van der Waals surface area contributed by atoms with Gasteiger partial charge in [0.2, 0.25) is 5.91 Å². The number of rotatable bonds is 1. The van der Waals surface area contributed by atoms with Crippen LogP contribution in [0.3, 0.4) is 0 Å². The zero-order valence-electron chi connectivity index (χ0n) is 11.4. The molecule has 0 unspecified atom stereocenters. The number of carbonyl (C=O) groups excluding carboxylic acids is 1. The van der Waals surface area contributed by atoms with Gasteiger partial charge in [0.15, 0.2) is 0 Å². The zero-order chi connectivity index (χ0) is 14.7. The van der Waals surface area contributed by atoms with Crippen LogP contribution in [-0.4, -0.2) is 16.3 Å². The quantitative estimate of drug-likeness (QED) is 0.715. The minimum Gasteiger partial charge on any atom is -0.309 e. The average molecular weight is 316 g/mol. The Kier molecular flexibility index (Phi) is 3.07. The van der Waals surface area contributed by atoms with E-state index in [1.807, 2.05) is 6.92 Å². The van der Waals surface area contributed by atoms with E-state index in [1.165, 1.54) is 12.1 Å². The third-order valence-electron chi connectivity index (χ3n) is 4.52. The lowest BCUT2D eigenvalue weighted by atomic mass is 9.94. The van der Waals surface area contributed by atoms with E-state index in [9.17, 15) is 9.18 Å². The van der Waals surface area contributed by atoms with E-state index < -0.39 is 9.75 Å². The molecule has 1 aliphatic carbocycles. The van der Waals surface area contributed by atoms with Gasteiger partial charge in [0.1, 0.15) is 10.2 Å². The van der Waals surface area contributed by atoms with Crippen LogP contribution in [-0.2, 0) is 11.2 Å². The number of hydrogen-bond acceptors (Lipinski definition) is 1. The number of nitrogens with zero attached hydrogens (tertiary/aromatic N) is 1. The van der Waals surface area contributed by atoms with E-state index in [0.717, 1.165) is 24.1 Å². The lowest BCUT2D eigenvalue weighted by molar-refractivity contribution is -0.123. The molecule has 0 saturated heterocycles. The molecule has 1 fully saturated rings. The van der Waals surface area contributed by atoms with Gasteiger partial charge in [0, 0.05) is 11.7 Å². The minimum atomic E-state index is -0.985. The molecule has 108 valence electrons. The SMILES string of the molecule is C[C@@H]1CCc2cc(F)ccc2N1C(=O)[C@@]1(C)CC1(Cl)Cl. The number of anilines is 1. The van der Waals surface area contributed by atoms with Crippen molar-refractivity contribution in [3.05, 3.63) is 29.6 Å². The van der Waals surface area contributed by atoms with Crippen LogP contribution in [0.1, 0.15) is 32.3 Å². The molecule has 2 nitrogen and oxygen atoms in total. The Morgan fingerprint density at radius 3 is 2.70 bits per heavy atom. The van der Waals surface area contributed by atoms with Gasteiger partial charge in [0.25, 0.3) is 0 Å². The maximum absolute atomic E-state index is 13.3. The van der Waals surface area contributed by atoms with Crippen molar-refractivity contribution < 1.29 is 9.18 Å². The normalized spacial score (nSPS) is 30.9. The number of hydrogen-bond donors (Lipinski definition) is 0. The van der Waals surface area contributed by atoms with Gasteiger partial charge in [-0.3, -0.25) is 4.79 Å². The summed E-state index contributed by atoms with van der Waals surface area (Å²) in [6.45, 7) is 3.79. The summed E-state index contributed by atoms with van der Waals surface area (Å²) in [5, 5.41) is 0. The van der Waals surface area contributed by atoms with Crippen LogP contribution in [0.2, 0.25) is 0 Å². The molecule has 1 saturated carbocycles. The van der Waals surface area contributed by atoms with E-state index in [1.54, 1.807) is 17.9 Å². The number of amides is 1. The minimum absolute atomic E-state index is 0.0671. The highest BCUT2D eigenvalue weighted by molar-refractivity contribution is 6.53. The molecule has 1 amide bonds. The highest BCUT2D eigenvalue weighted by Crippen LogP contribution is 2.65. The van der Waals surface area contributed by atoms with Gasteiger partial charge >= 0.3 is 0 Å². The first kappa shape index (κ1) is 14.2. The topological polar surface area (TPSA) is 20.3 Å².